The van der Waals surface area contributed by atoms with Crippen LogP contribution in [0.1, 0.15) is 27.3 Å². The normalized spacial score (nSPS) is 10.8. The summed E-state index contributed by atoms with van der Waals surface area (Å²) in [7, 11) is 0. The molecule has 0 saturated carbocycles. The van der Waals surface area contributed by atoms with E-state index in [-0.39, 0.29) is 5.82 Å². The van der Waals surface area contributed by atoms with Crippen LogP contribution in [-0.2, 0) is 12.2 Å². The van der Waals surface area contributed by atoms with Crippen molar-refractivity contribution in [2.24, 2.45) is 5.73 Å². The first kappa shape index (κ1) is 19.8. The van der Waals surface area contributed by atoms with Gasteiger partial charge in [0.05, 0.1) is 5.69 Å². The number of carbonyl (C=O) groups is 1. The van der Waals surface area contributed by atoms with E-state index in [0.29, 0.717) is 34.4 Å². The molecule has 4 aromatic rings. The number of amides is 1. The van der Waals surface area contributed by atoms with Crippen molar-refractivity contribution in [2.45, 2.75) is 17.3 Å². The number of halogens is 1. The van der Waals surface area contributed by atoms with Crippen LogP contribution in [0.2, 0.25) is 0 Å². The predicted octanol–water partition coefficient (Wildman–Crippen LogP) is 4.39. The van der Waals surface area contributed by atoms with Gasteiger partial charge in [0.2, 0.25) is 5.91 Å². The Kier molecular flexibility index (Phi) is 5.90. The van der Waals surface area contributed by atoms with Crippen LogP contribution in [0.25, 0.3) is 5.69 Å². The molecule has 1 aromatic heterocycles. The standard InChI is InChI=1S/C23H19FN4OS/c24-19-8-4-5-9-20(19)28-21(14-16-6-2-1-3-7-16)26-27-23(28)30-15-17-10-12-18(13-11-17)22(25)29/h1-13H,14-15H2,(H2,25,29). The van der Waals surface area contributed by atoms with Gasteiger partial charge in [0.1, 0.15) is 11.6 Å². The molecule has 3 aromatic carbocycles. The molecule has 0 saturated heterocycles. The van der Waals surface area contributed by atoms with E-state index in [9.17, 15) is 9.18 Å². The number of aromatic nitrogens is 3. The molecule has 2 N–H and O–H groups in total. The van der Waals surface area contributed by atoms with Crippen LogP contribution in [0, 0.1) is 5.82 Å². The fraction of sp³-hybridized carbons (Fsp3) is 0.0870. The van der Waals surface area contributed by atoms with E-state index in [2.05, 4.69) is 10.2 Å². The molecule has 0 unspecified atom stereocenters. The number of nitrogens with zero attached hydrogens (tertiary/aromatic N) is 3. The van der Waals surface area contributed by atoms with Crippen molar-refractivity contribution < 1.29 is 9.18 Å². The van der Waals surface area contributed by atoms with Crippen LogP contribution >= 0.6 is 11.8 Å². The highest BCUT2D eigenvalue weighted by molar-refractivity contribution is 7.98. The molecule has 0 aliphatic carbocycles. The average molecular weight is 418 g/mol. The van der Waals surface area contributed by atoms with Crippen LogP contribution in [0.5, 0.6) is 0 Å². The summed E-state index contributed by atoms with van der Waals surface area (Å²) in [5, 5.41) is 9.27. The summed E-state index contributed by atoms with van der Waals surface area (Å²) >= 11 is 1.46. The van der Waals surface area contributed by atoms with E-state index in [1.54, 1.807) is 34.9 Å². The SMILES string of the molecule is NC(=O)c1ccc(CSc2nnc(Cc3ccccc3)n2-c2ccccc2F)cc1. The topological polar surface area (TPSA) is 73.8 Å². The Morgan fingerprint density at radius 2 is 1.60 bits per heavy atom. The summed E-state index contributed by atoms with van der Waals surface area (Å²) in [6, 6.07) is 23.6. The van der Waals surface area contributed by atoms with Crippen LogP contribution in [0.3, 0.4) is 0 Å². The van der Waals surface area contributed by atoms with E-state index >= 15 is 0 Å². The van der Waals surface area contributed by atoms with Gasteiger partial charge in [-0.2, -0.15) is 0 Å². The first-order chi connectivity index (χ1) is 14.6. The van der Waals surface area contributed by atoms with Gasteiger partial charge < -0.3 is 5.73 Å². The van der Waals surface area contributed by atoms with Crippen LogP contribution < -0.4 is 5.73 Å². The monoisotopic (exact) mass is 418 g/mol. The molecule has 1 heterocycles. The van der Waals surface area contributed by atoms with Crippen molar-refractivity contribution in [2.75, 3.05) is 0 Å². The Hall–Kier alpha value is -3.45. The van der Waals surface area contributed by atoms with E-state index in [0.717, 1.165) is 11.1 Å². The van der Waals surface area contributed by atoms with Gasteiger partial charge in [0.15, 0.2) is 5.16 Å². The molecule has 1 amide bonds. The molecular weight excluding hydrogens is 399 g/mol. The van der Waals surface area contributed by atoms with Crippen molar-refractivity contribution in [3.63, 3.8) is 0 Å². The molecule has 0 aliphatic rings. The van der Waals surface area contributed by atoms with Gasteiger partial charge in [-0.1, -0.05) is 66.4 Å². The maximum absolute atomic E-state index is 14.6. The number of nitrogens with two attached hydrogens (primary N) is 1. The molecule has 30 heavy (non-hydrogen) atoms. The van der Waals surface area contributed by atoms with Gasteiger partial charge in [0, 0.05) is 17.7 Å². The van der Waals surface area contributed by atoms with Crippen molar-refractivity contribution in [3.8, 4) is 5.69 Å². The second-order valence-electron chi connectivity index (χ2n) is 6.70. The number of hydrogen-bond donors (Lipinski definition) is 1. The molecule has 4 rings (SSSR count). The smallest absolute Gasteiger partial charge is 0.248 e. The van der Waals surface area contributed by atoms with Gasteiger partial charge in [-0.05, 0) is 35.4 Å². The average Bonchev–Trinajstić information content (AvgIpc) is 3.15. The molecule has 0 spiro atoms. The fourth-order valence-electron chi connectivity index (χ4n) is 3.07. The minimum Gasteiger partial charge on any atom is -0.366 e. The molecule has 0 fully saturated rings. The zero-order valence-corrected chi connectivity index (χ0v) is 16.8. The van der Waals surface area contributed by atoms with Gasteiger partial charge in [-0.15, -0.1) is 10.2 Å². The Morgan fingerprint density at radius 1 is 0.900 bits per heavy atom. The molecule has 5 nitrogen and oxygen atoms in total. The molecule has 0 radical (unpaired) electrons. The number of thioether (sulfide) groups is 1. The van der Waals surface area contributed by atoms with Gasteiger partial charge in [0.25, 0.3) is 0 Å². The largest absolute Gasteiger partial charge is 0.366 e. The Morgan fingerprint density at radius 3 is 2.30 bits per heavy atom. The van der Waals surface area contributed by atoms with Crippen LogP contribution in [-0.4, -0.2) is 20.7 Å². The minimum absolute atomic E-state index is 0.334. The Labute approximate surface area is 177 Å². The summed E-state index contributed by atoms with van der Waals surface area (Å²) in [6.45, 7) is 0. The van der Waals surface area contributed by atoms with Gasteiger partial charge in [-0.3, -0.25) is 9.36 Å². The van der Waals surface area contributed by atoms with Crippen LogP contribution in [0.15, 0.2) is 84.0 Å². The fourth-order valence-corrected chi connectivity index (χ4v) is 3.99. The molecule has 150 valence electrons. The predicted molar refractivity (Wildman–Crippen MR) is 115 cm³/mol. The maximum Gasteiger partial charge on any atom is 0.248 e. The second kappa shape index (κ2) is 8.92. The zero-order valence-electron chi connectivity index (χ0n) is 16.0. The summed E-state index contributed by atoms with van der Waals surface area (Å²) in [5.41, 5.74) is 8.24. The molecule has 0 aliphatic heterocycles. The Bertz CT molecular complexity index is 1160. The zero-order chi connectivity index (χ0) is 20.9. The number of hydrogen-bond acceptors (Lipinski definition) is 4. The summed E-state index contributed by atoms with van der Waals surface area (Å²) < 4.78 is 16.4. The summed E-state index contributed by atoms with van der Waals surface area (Å²) in [6.07, 6.45) is 0.538. The Balaban J connectivity index is 1.64. The van der Waals surface area contributed by atoms with Crippen molar-refractivity contribution >= 4 is 17.7 Å². The molecule has 7 heteroatoms. The number of para-hydroxylation sites is 1. The van der Waals surface area contributed by atoms with Crippen molar-refractivity contribution in [1.29, 1.82) is 0 Å². The lowest BCUT2D eigenvalue weighted by Crippen LogP contribution is -2.10. The summed E-state index contributed by atoms with van der Waals surface area (Å²) in [5.74, 6) is 0.466. The summed E-state index contributed by atoms with van der Waals surface area (Å²) in [4.78, 5) is 11.2. The van der Waals surface area contributed by atoms with Crippen LogP contribution in [0.4, 0.5) is 4.39 Å². The third-order valence-electron chi connectivity index (χ3n) is 4.61. The molecular formula is C23H19FN4OS. The third kappa shape index (κ3) is 4.41. The van der Waals surface area contributed by atoms with Crippen molar-refractivity contribution in [1.82, 2.24) is 14.8 Å². The van der Waals surface area contributed by atoms with Gasteiger partial charge >= 0.3 is 0 Å². The van der Waals surface area contributed by atoms with E-state index in [1.807, 2.05) is 42.5 Å². The second-order valence-corrected chi connectivity index (χ2v) is 7.64. The molecule has 0 bridgehead atoms. The van der Waals surface area contributed by atoms with E-state index in [4.69, 9.17) is 5.73 Å². The third-order valence-corrected chi connectivity index (χ3v) is 5.61. The number of primary amides is 1. The lowest BCUT2D eigenvalue weighted by atomic mass is 10.1. The maximum atomic E-state index is 14.6. The lowest BCUT2D eigenvalue weighted by molar-refractivity contribution is 0.100. The lowest BCUT2D eigenvalue weighted by Gasteiger charge is -2.11. The number of carbonyl (C=O) groups excluding carboxylic acids is 1. The van der Waals surface area contributed by atoms with Crippen molar-refractivity contribution in [3.05, 3.63) is 107 Å². The first-order valence-corrected chi connectivity index (χ1v) is 10.3. The number of rotatable bonds is 7. The van der Waals surface area contributed by atoms with E-state index in [1.165, 1.54) is 17.8 Å². The highest BCUT2D eigenvalue weighted by atomic mass is 32.2. The highest BCUT2D eigenvalue weighted by Crippen LogP contribution is 2.27. The highest BCUT2D eigenvalue weighted by Gasteiger charge is 2.17. The number of benzene rings is 3. The minimum atomic E-state index is -0.459. The van der Waals surface area contributed by atoms with Gasteiger partial charge in [-0.25, -0.2) is 4.39 Å². The van der Waals surface area contributed by atoms with E-state index < -0.39 is 5.91 Å². The quantitative estimate of drug-likeness (QED) is 0.452. The molecule has 0 atom stereocenters. The first-order valence-electron chi connectivity index (χ1n) is 9.36.